The highest BCUT2D eigenvalue weighted by Gasteiger charge is 2.26. The number of nitrogens with one attached hydrogen (secondary N) is 2. The molecule has 7 nitrogen and oxygen atoms in total. The van der Waals surface area contributed by atoms with Crippen molar-refractivity contribution in [2.24, 2.45) is 0 Å². The summed E-state index contributed by atoms with van der Waals surface area (Å²) in [7, 11) is 0. The Morgan fingerprint density at radius 3 is 2.30 bits per heavy atom. The highest BCUT2D eigenvalue weighted by Crippen LogP contribution is 2.24. The zero-order chi connectivity index (χ0) is 23.6. The van der Waals surface area contributed by atoms with Crippen molar-refractivity contribution < 1.29 is 24.2 Å². The number of rotatable bonds is 11. The van der Waals surface area contributed by atoms with Crippen molar-refractivity contribution in [1.29, 1.82) is 0 Å². The third-order valence-electron chi connectivity index (χ3n) is 5.08. The molecule has 0 aliphatic rings. The molecule has 3 aromatic carbocycles. The van der Waals surface area contributed by atoms with Gasteiger partial charge in [-0.3, -0.25) is 9.59 Å². The Labute approximate surface area is 197 Å². The van der Waals surface area contributed by atoms with Gasteiger partial charge in [0.2, 0.25) is 5.91 Å². The van der Waals surface area contributed by atoms with Crippen molar-refractivity contribution >= 4 is 41.2 Å². The van der Waals surface area contributed by atoms with Crippen LogP contribution in [0.3, 0.4) is 0 Å². The molecule has 0 aliphatic heterocycles. The maximum Gasteiger partial charge on any atom is 0.326 e. The molecule has 3 aromatic rings. The van der Waals surface area contributed by atoms with Crippen LogP contribution in [0.15, 0.2) is 72.8 Å². The van der Waals surface area contributed by atoms with Crippen LogP contribution >= 0.6 is 12.6 Å². The van der Waals surface area contributed by atoms with E-state index in [1.54, 1.807) is 30.3 Å². The molecule has 0 saturated heterocycles. The summed E-state index contributed by atoms with van der Waals surface area (Å²) in [6.45, 7) is -0.281. The normalized spacial score (nSPS) is 12.5. The van der Waals surface area contributed by atoms with E-state index in [9.17, 15) is 19.5 Å². The minimum absolute atomic E-state index is 0.133. The lowest BCUT2D eigenvalue weighted by Gasteiger charge is -2.21. The fourth-order valence-electron chi connectivity index (χ4n) is 3.42. The van der Waals surface area contributed by atoms with E-state index in [1.807, 2.05) is 42.5 Å². The minimum atomic E-state index is -1.15. The monoisotopic (exact) mass is 466 g/mol. The number of carbonyl (C=O) groups is 3. The third-order valence-corrected chi connectivity index (χ3v) is 5.33. The maximum atomic E-state index is 12.8. The van der Waals surface area contributed by atoms with Crippen LogP contribution in [0.2, 0.25) is 0 Å². The van der Waals surface area contributed by atoms with Gasteiger partial charge in [0.05, 0.1) is 0 Å². The van der Waals surface area contributed by atoms with Crippen LogP contribution in [0, 0.1) is 0 Å². The molecule has 33 heavy (non-hydrogen) atoms. The van der Waals surface area contributed by atoms with Gasteiger partial charge in [0.15, 0.2) is 6.61 Å². The molecule has 2 amide bonds. The van der Waals surface area contributed by atoms with E-state index in [1.165, 1.54) is 0 Å². The first-order chi connectivity index (χ1) is 16.0. The maximum absolute atomic E-state index is 12.8. The standard InChI is InChI=1S/C25H26N2O5S/c28-23(16-32-22-12-6-10-18-9-4-5-11-19(18)22)26-20(13-14-33)24(29)27-21(25(30)31)15-17-7-2-1-3-8-17/h1-12,20-21,33H,13-16H2,(H,26,28)(H,27,29)(H,30,31)/t20?,21-/m1/s1. The van der Waals surface area contributed by atoms with Gasteiger partial charge >= 0.3 is 5.97 Å². The minimum Gasteiger partial charge on any atom is -0.483 e. The average molecular weight is 467 g/mol. The number of benzene rings is 3. The van der Waals surface area contributed by atoms with Gasteiger partial charge in [0.25, 0.3) is 5.91 Å². The highest BCUT2D eigenvalue weighted by atomic mass is 32.1. The SMILES string of the molecule is O=C(COc1cccc2ccccc12)NC(CCS)C(=O)N[C@H](Cc1ccccc1)C(=O)O. The lowest BCUT2D eigenvalue weighted by atomic mass is 10.1. The first-order valence-electron chi connectivity index (χ1n) is 10.6. The predicted molar refractivity (Wildman–Crippen MR) is 130 cm³/mol. The molecule has 2 atom stereocenters. The van der Waals surface area contributed by atoms with E-state index in [2.05, 4.69) is 23.3 Å². The van der Waals surface area contributed by atoms with E-state index in [4.69, 9.17) is 4.74 Å². The number of carboxylic acid groups (broad SMARTS) is 1. The molecule has 8 heteroatoms. The first kappa shape index (κ1) is 24.1. The molecule has 0 saturated carbocycles. The van der Waals surface area contributed by atoms with Crippen LogP contribution in [-0.2, 0) is 20.8 Å². The lowest BCUT2D eigenvalue weighted by molar-refractivity contribution is -0.142. The van der Waals surface area contributed by atoms with Crippen molar-refractivity contribution in [1.82, 2.24) is 10.6 Å². The van der Waals surface area contributed by atoms with Crippen molar-refractivity contribution in [3.05, 3.63) is 78.4 Å². The van der Waals surface area contributed by atoms with E-state index < -0.39 is 29.9 Å². The summed E-state index contributed by atoms with van der Waals surface area (Å²) in [5, 5.41) is 16.6. The molecule has 0 bridgehead atoms. The number of amides is 2. The summed E-state index contributed by atoms with van der Waals surface area (Å²) in [5.41, 5.74) is 0.781. The number of aliphatic carboxylic acids is 1. The van der Waals surface area contributed by atoms with Gasteiger partial charge in [-0.15, -0.1) is 0 Å². The zero-order valence-corrected chi connectivity index (χ0v) is 18.8. The van der Waals surface area contributed by atoms with E-state index in [-0.39, 0.29) is 19.4 Å². The molecule has 0 heterocycles. The number of hydrogen-bond donors (Lipinski definition) is 4. The summed E-state index contributed by atoms with van der Waals surface area (Å²) >= 11 is 4.16. The zero-order valence-electron chi connectivity index (χ0n) is 17.9. The Bertz CT molecular complexity index is 1100. The lowest BCUT2D eigenvalue weighted by Crippen LogP contribution is -2.53. The smallest absolute Gasteiger partial charge is 0.326 e. The topological polar surface area (TPSA) is 105 Å². The summed E-state index contributed by atoms with van der Waals surface area (Å²) in [5.74, 6) is -1.32. The predicted octanol–water partition coefficient (Wildman–Crippen LogP) is 2.84. The molecule has 0 radical (unpaired) electrons. The van der Waals surface area contributed by atoms with Crippen LogP contribution in [0.1, 0.15) is 12.0 Å². The van der Waals surface area contributed by atoms with E-state index in [0.29, 0.717) is 11.5 Å². The molecule has 0 aromatic heterocycles. The Kier molecular flexibility index (Phi) is 8.71. The summed E-state index contributed by atoms with van der Waals surface area (Å²) in [6.07, 6.45) is 0.375. The summed E-state index contributed by atoms with van der Waals surface area (Å²) in [6, 6.07) is 20.2. The van der Waals surface area contributed by atoms with Crippen LogP contribution in [-0.4, -0.2) is 47.3 Å². The largest absolute Gasteiger partial charge is 0.483 e. The molecule has 3 N–H and O–H groups in total. The Morgan fingerprint density at radius 1 is 0.879 bits per heavy atom. The number of thiol groups is 1. The van der Waals surface area contributed by atoms with Crippen LogP contribution in [0.25, 0.3) is 10.8 Å². The fraction of sp³-hybridized carbons (Fsp3) is 0.240. The average Bonchev–Trinajstić information content (AvgIpc) is 2.82. The van der Waals surface area contributed by atoms with E-state index in [0.717, 1.165) is 16.3 Å². The number of fused-ring (bicyclic) bond motifs is 1. The molecule has 1 unspecified atom stereocenters. The van der Waals surface area contributed by atoms with Gasteiger partial charge in [-0.05, 0) is 29.2 Å². The molecular formula is C25H26N2O5S. The van der Waals surface area contributed by atoms with Crippen molar-refractivity contribution in [3.63, 3.8) is 0 Å². The van der Waals surface area contributed by atoms with Crippen molar-refractivity contribution in [2.45, 2.75) is 24.9 Å². The Hall–Kier alpha value is -3.52. The van der Waals surface area contributed by atoms with Gasteiger partial charge in [-0.2, -0.15) is 12.6 Å². The van der Waals surface area contributed by atoms with Crippen LogP contribution < -0.4 is 15.4 Å². The highest BCUT2D eigenvalue weighted by molar-refractivity contribution is 7.80. The van der Waals surface area contributed by atoms with Crippen molar-refractivity contribution in [2.75, 3.05) is 12.4 Å². The molecule has 0 fully saturated rings. The Balaban J connectivity index is 1.60. The number of hydrogen-bond acceptors (Lipinski definition) is 5. The third kappa shape index (κ3) is 6.98. The van der Waals surface area contributed by atoms with Gasteiger partial charge in [0, 0.05) is 11.8 Å². The second kappa shape index (κ2) is 11.9. The quantitative estimate of drug-likeness (QED) is 0.325. The second-order valence-electron chi connectivity index (χ2n) is 7.49. The van der Waals surface area contributed by atoms with Crippen molar-refractivity contribution in [3.8, 4) is 5.75 Å². The molecular weight excluding hydrogens is 440 g/mol. The molecule has 0 spiro atoms. The van der Waals surface area contributed by atoms with Crippen LogP contribution in [0.4, 0.5) is 0 Å². The first-order valence-corrected chi connectivity index (χ1v) is 11.2. The molecule has 172 valence electrons. The molecule has 0 aliphatic carbocycles. The number of ether oxygens (including phenoxy) is 1. The fourth-order valence-corrected chi connectivity index (χ4v) is 3.68. The summed E-state index contributed by atoms with van der Waals surface area (Å²) in [4.78, 5) is 36.9. The van der Waals surface area contributed by atoms with Gasteiger partial charge in [-0.1, -0.05) is 66.7 Å². The number of carboxylic acids is 1. The van der Waals surface area contributed by atoms with Gasteiger partial charge in [-0.25, -0.2) is 4.79 Å². The number of carbonyl (C=O) groups excluding carboxylic acids is 2. The Morgan fingerprint density at radius 2 is 1.58 bits per heavy atom. The van der Waals surface area contributed by atoms with Gasteiger partial charge in [0.1, 0.15) is 17.8 Å². The molecule has 3 rings (SSSR count). The van der Waals surface area contributed by atoms with E-state index >= 15 is 0 Å². The van der Waals surface area contributed by atoms with Gasteiger partial charge < -0.3 is 20.5 Å². The van der Waals surface area contributed by atoms with Crippen LogP contribution in [0.5, 0.6) is 5.75 Å². The summed E-state index contributed by atoms with van der Waals surface area (Å²) < 4.78 is 5.68. The second-order valence-corrected chi connectivity index (χ2v) is 7.93.